The van der Waals surface area contributed by atoms with Crippen LogP contribution in [0.1, 0.15) is 25.0 Å². The van der Waals surface area contributed by atoms with Gasteiger partial charge in [-0.3, -0.25) is 0 Å². The first-order valence-electron chi connectivity index (χ1n) is 4.69. The molecule has 0 radical (unpaired) electrons. The summed E-state index contributed by atoms with van der Waals surface area (Å²) in [4.78, 5) is 0. The Balaban J connectivity index is 1.76. The lowest BCUT2D eigenvalue weighted by molar-refractivity contribution is -0.171. The molecule has 0 aliphatic carbocycles. The Morgan fingerprint density at radius 3 is 3.14 bits per heavy atom. The smallest absolute Gasteiger partial charge is 0.163 e. The molecule has 0 bridgehead atoms. The summed E-state index contributed by atoms with van der Waals surface area (Å²) in [5, 5.41) is 3.70. The lowest BCUT2D eigenvalue weighted by atomic mass is 10.2. The molecule has 1 atom stereocenters. The fourth-order valence-electron chi connectivity index (χ4n) is 1.37. The minimum absolute atomic E-state index is 0.0763. The maximum absolute atomic E-state index is 5.51. The van der Waals surface area contributed by atoms with Crippen LogP contribution in [0.5, 0.6) is 0 Å². The third-order valence-corrected chi connectivity index (χ3v) is 2.45. The van der Waals surface area contributed by atoms with Gasteiger partial charge in [0.25, 0.3) is 0 Å². The maximum atomic E-state index is 5.51. The van der Waals surface area contributed by atoms with Crippen molar-refractivity contribution in [3.05, 3.63) is 16.4 Å². The molecular formula is C9H12BrNO3. The van der Waals surface area contributed by atoms with Crippen molar-refractivity contribution in [1.82, 2.24) is 5.16 Å². The number of hydrogen-bond donors (Lipinski definition) is 0. The van der Waals surface area contributed by atoms with Crippen LogP contribution in [0.15, 0.2) is 15.2 Å². The average molecular weight is 262 g/mol. The summed E-state index contributed by atoms with van der Waals surface area (Å²) in [6.07, 6.45) is 3.20. The fourth-order valence-corrected chi connectivity index (χ4v) is 1.70. The van der Waals surface area contributed by atoms with E-state index in [1.807, 2.05) is 0 Å². The molecule has 1 aliphatic rings. The number of rotatable bonds is 3. The Morgan fingerprint density at radius 1 is 1.57 bits per heavy atom. The number of hydrogen-bond acceptors (Lipinski definition) is 4. The fraction of sp³-hybridized carbons (Fsp3) is 0.667. The highest BCUT2D eigenvalue weighted by Crippen LogP contribution is 2.16. The molecule has 4 nitrogen and oxygen atoms in total. The van der Waals surface area contributed by atoms with Gasteiger partial charge in [-0.2, -0.15) is 0 Å². The van der Waals surface area contributed by atoms with E-state index >= 15 is 0 Å². The number of nitrogens with zero attached hydrogens (tertiary/aromatic N) is 1. The molecule has 1 aromatic rings. The zero-order chi connectivity index (χ0) is 9.80. The number of ether oxygens (including phenoxy) is 2. The third kappa shape index (κ3) is 2.80. The second-order valence-corrected chi connectivity index (χ2v) is 4.04. The van der Waals surface area contributed by atoms with Gasteiger partial charge in [0.2, 0.25) is 0 Å². The summed E-state index contributed by atoms with van der Waals surface area (Å²) in [7, 11) is 0. The van der Waals surface area contributed by atoms with Gasteiger partial charge in [0, 0.05) is 12.7 Å². The first-order valence-corrected chi connectivity index (χ1v) is 5.48. The standard InChI is InChI=1S/C9H12BrNO3/c10-8-5-7(14-11-8)6-13-9-3-1-2-4-12-9/h5,9H,1-4,6H2/t9-/m1/s1. The van der Waals surface area contributed by atoms with Gasteiger partial charge in [-0.1, -0.05) is 5.16 Å². The molecule has 2 heterocycles. The highest BCUT2D eigenvalue weighted by Gasteiger charge is 2.14. The SMILES string of the molecule is Brc1cc(CO[C@@H]2CCCCO2)on1. The Bertz CT molecular complexity index is 283. The summed E-state index contributed by atoms with van der Waals surface area (Å²) in [6, 6.07) is 1.79. The largest absolute Gasteiger partial charge is 0.358 e. The van der Waals surface area contributed by atoms with Crippen LogP contribution in [0.3, 0.4) is 0 Å². The van der Waals surface area contributed by atoms with Gasteiger partial charge in [0.05, 0.1) is 0 Å². The summed E-state index contributed by atoms with van der Waals surface area (Å²) >= 11 is 3.21. The van der Waals surface area contributed by atoms with Gasteiger partial charge < -0.3 is 14.0 Å². The first kappa shape index (κ1) is 10.1. The van der Waals surface area contributed by atoms with E-state index in [9.17, 15) is 0 Å². The van der Waals surface area contributed by atoms with E-state index in [1.165, 1.54) is 6.42 Å². The van der Waals surface area contributed by atoms with E-state index < -0.39 is 0 Å². The number of aromatic nitrogens is 1. The Hall–Kier alpha value is -0.390. The molecule has 0 N–H and O–H groups in total. The normalized spacial score (nSPS) is 22.5. The highest BCUT2D eigenvalue weighted by molar-refractivity contribution is 9.10. The first-order chi connectivity index (χ1) is 6.84. The van der Waals surface area contributed by atoms with Crippen molar-refractivity contribution in [3.63, 3.8) is 0 Å². The average Bonchev–Trinajstić information content (AvgIpc) is 2.63. The predicted octanol–water partition coefficient (Wildman–Crippen LogP) is 2.48. The minimum Gasteiger partial charge on any atom is -0.358 e. The monoisotopic (exact) mass is 261 g/mol. The van der Waals surface area contributed by atoms with Gasteiger partial charge in [-0.05, 0) is 35.2 Å². The Morgan fingerprint density at radius 2 is 2.50 bits per heavy atom. The van der Waals surface area contributed by atoms with E-state index in [2.05, 4.69) is 21.1 Å². The quantitative estimate of drug-likeness (QED) is 0.839. The van der Waals surface area contributed by atoms with Crippen molar-refractivity contribution >= 4 is 15.9 Å². The topological polar surface area (TPSA) is 44.5 Å². The summed E-state index contributed by atoms with van der Waals surface area (Å²) in [6.45, 7) is 1.22. The van der Waals surface area contributed by atoms with Crippen LogP contribution in [-0.2, 0) is 16.1 Å². The van der Waals surface area contributed by atoms with Crippen LogP contribution in [-0.4, -0.2) is 18.1 Å². The van der Waals surface area contributed by atoms with Gasteiger partial charge in [-0.25, -0.2) is 0 Å². The lowest BCUT2D eigenvalue weighted by Crippen LogP contribution is -2.21. The highest BCUT2D eigenvalue weighted by atomic mass is 79.9. The van der Waals surface area contributed by atoms with Crippen molar-refractivity contribution in [1.29, 1.82) is 0 Å². The van der Waals surface area contributed by atoms with Crippen LogP contribution in [0.2, 0.25) is 0 Å². The maximum Gasteiger partial charge on any atom is 0.163 e. The third-order valence-electron chi connectivity index (χ3n) is 2.08. The molecule has 0 spiro atoms. The molecule has 1 saturated heterocycles. The lowest BCUT2D eigenvalue weighted by Gasteiger charge is -2.21. The molecule has 0 unspecified atom stereocenters. The van der Waals surface area contributed by atoms with E-state index in [4.69, 9.17) is 14.0 Å². The molecule has 14 heavy (non-hydrogen) atoms. The van der Waals surface area contributed by atoms with E-state index in [-0.39, 0.29) is 6.29 Å². The second kappa shape index (κ2) is 4.91. The van der Waals surface area contributed by atoms with E-state index in [0.717, 1.165) is 19.4 Å². The number of halogens is 1. The van der Waals surface area contributed by atoms with Crippen molar-refractivity contribution < 1.29 is 14.0 Å². The van der Waals surface area contributed by atoms with Crippen LogP contribution in [0, 0.1) is 0 Å². The molecular weight excluding hydrogens is 250 g/mol. The molecule has 1 fully saturated rings. The van der Waals surface area contributed by atoms with Gasteiger partial charge in [-0.15, -0.1) is 0 Å². The van der Waals surface area contributed by atoms with Crippen LogP contribution in [0.25, 0.3) is 0 Å². The molecule has 5 heteroatoms. The molecule has 2 rings (SSSR count). The zero-order valence-electron chi connectivity index (χ0n) is 7.74. The Kier molecular flexibility index (Phi) is 3.55. The molecule has 0 saturated carbocycles. The van der Waals surface area contributed by atoms with Crippen molar-refractivity contribution in [3.8, 4) is 0 Å². The summed E-state index contributed by atoms with van der Waals surface area (Å²) in [5.74, 6) is 0.714. The molecule has 0 aromatic carbocycles. The predicted molar refractivity (Wildman–Crippen MR) is 52.6 cm³/mol. The molecule has 78 valence electrons. The summed E-state index contributed by atoms with van der Waals surface area (Å²) < 4.78 is 16.6. The van der Waals surface area contributed by atoms with Crippen molar-refractivity contribution in [2.75, 3.05) is 6.61 Å². The van der Waals surface area contributed by atoms with Crippen molar-refractivity contribution in [2.45, 2.75) is 32.2 Å². The zero-order valence-corrected chi connectivity index (χ0v) is 9.33. The minimum atomic E-state index is -0.0763. The second-order valence-electron chi connectivity index (χ2n) is 3.22. The van der Waals surface area contributed by atoms with E-state index in [0.29, 0.717) is 17.0 Å². The molecule has 0 amide bonds. The van der Waals surface area contributed by atoms with E-state index in [1.54, 1.807) is 6.07 Å². The van der Waals surface area contributed by atoms with Gasteiger partial charge >= 0.3 is 0 Å². The van der Waals surface area contributed by atoms with Crippen molar-refractivity contribution in [2.24, 2.45) is 0 Å². The van der Waals surface area contributed by atoms with Gasteiger partial charge in [0.15, 0.2) is 12.1 Å². The molecule has 1 aliphatic heterocycles. The summed E-state index contributed by atoms with van der Waals surface area (Å²) in [5.41, 5.74) is 0. The van der Waals surface area contributed by atoms with Crippen LogP contribution in [0.4, 0.5) is 0 Å². The van der Waals surface area contributed by atoms with Crippen LogP contribution < -0.4 is 0 Å². The molecule has 1 aromatic heterocycles. The van der Waals surface area contributed by atoms with Crippen LogP contribution >= 0.6 is 15.9 Å². The Labute approximate surface area is 90.7 Å². The van der Waals surface area contributed by atoms with Gasteiger partial charge in [0.1, 0.15) is 11.2 Å².